The number of carbonyl (C=O) groups excluding carboxylic acids is 5. The van der Waals surface area contributed by atoms with Gasteiger partial charge in [-0.3, -0.25) is 24.0 Å². The van der Waals surface area contributed by atoms with Crippen LogP contribution in [0.15, 0.2) is 30.3 Å². The molecule has 2 saturated heterocycles. The summed E-state index contributed by atoms with van der Waals surface area (Å²) in [5.41, 5.74) is 0.728. The number of hydrogen-bond donors (Lipinski definition) is 2. The van der Waals surface area contributed by atoms with E-state index in [-0.39, 0.29) is 6.61 Å². The highest BCUT2D eigenvalue weighted by Crippen LogP contribution is 2.34. The lowest BCUT2D eigenvalue weighted by Crippen LogP contribution is -2.66. The van der Waals surface area contributed by atoms with E-state index >= 15 is 0 Å². The first kappa shape index (κ1) is 35.8. The average Bonchev–Trinajstić information content (AvgIpc) is 2.96. The van der Waals surface area contributed by atoms with E-state index in [1.165, 1.54) is 0 Å². The normalized spacial score (nSPS) is 31.3. The Balaban J connectivity index is 2.05. The van der Waals surface area contributed by atoms with Crippen molar-refractivity contribution in [3.05, 3.63) is 35.9 Å². The Morgan fingerprint density at radius 2 is 1.18 bits per heavy atom. The summed E-state index contributed by atoms with van der Waals surface area (Å²) in [5, 5.41) is 20.6. The molecule has 1 aromatic rings. The molecule has 1 aromatic carbocycles. The first-order valence-corrected chi connectivity index (χ1v) is 14.0. The first-order valence-electron chi connectivity index (χ1n) is 14.0. The molecule has 0 unspecified atom stereocenters. The van der Waals surface area contributed by atoms with E-state index in [2.05, 4.69) is 0 Å². The largest absolute Gasteiger partial charge is 0.463 e. The van der Waals surface area contributed by atoms with Gasteiger partial charge in [0.1, 0.15) is 31.0 Å². The van der Waals surface area contributed by atoms with Crippen molar-refractivity contribution in [3.63, 3.8) is 0 Å². The Bertz CT molecular complexity index is 1170. The van der Waals surface area contributed by atoms with Crippen LogP contribution in [0.1, 0.15) is 40.2 Å². The standard InChI is InChI=1S/C29H38O16/c1-14(31)37-13-21-23(45-29-26(41-17(4)34)24(39-15(2)32)22(36)20(11-30)43-29)25(40-16(3)33)27(42-18(5)35)28(44-21)38-12-19-9-7-6-8-10-19/h6-10,20-30,36H,11-13H2,1-5H3/t20-,21-,22+,23-,24+,25+,26-,27-,28-,29+/m1/s1. The maximum Gasteiger partial charge on any atom is 0.303 e. The molecular formula is C29H38O16. The number of aliphatic hydroxyl groups is 2. The van der Waals surface area contributed by atoms with Crippen LogP contribution in [0.4, 0.5) is 0 Å². The van der Waals surface area contributed by atoms with Crippen molar-refractivity contribution in [3.8, 4) is 0 Å². The maximum absolute atomic E-state index is 12.4. The average molecular weight is 643 g/mol. The molecule has 0 aliphatic carbocycles. The minimum absolute atomic E-state index is 0.0255. The third kappa shape index (κ3) is 10.2. The number of benzene rings is 1. The lowest BCUT2D eigenvalue weighted by molar-refractivity contribution is -0.361. The molecule has 0 spiro atoms. The molecule has 2 aliphatic rings. The van der Waals surface area contributed by atoms with Crippen molar-refractivity contribution in [1.82, 2.24) is 0 Å². The second-order valence-corrected chi connectivity index (χ2v) is 10.3. The van der Waals surface area contributed by atoms with Gasteiger partial charge in [0.25, 0.3) is 0 Å². The summed E-state index contributed by atoms with van der Waals surface area (Å²) in [6.45, 7) is 4.16. The van der Waals surface area contributed by atoms with Crippen LogP contribution in [0.2, 0.25) is 0 Å². The van der Waals surface area contributed by atoms with Crippen molar-refractivity contribution in [2.24, 2.45) is 0 Å². The number of aliphatic hydroxyl groups excluding tert-OH is 2. The van der Waals surface area contributed by atoms with Gasteiger partial charge in [-0.05, 0) is 5.56 Å². The van der Waals surface area contributed by atoms with Gasteiger partial charge in [-0.2, -0.15) is 0 Å². The van der Waals surface area contributed by atoms with Gasteiger partial charge in [0.2, 0.25) is 0 Å². The molecule has 16 nitrogen and oxygen atoms in total. The molecule has 2 N–H and O–H groups in total. The van der Waals surface area contributed by atoms with Gasteiger partial charge < -0.3 is 52.8 Å². The van der Waals surface area contributed by atoms with Crippen LogP contribution >= 0.6 is 0 Å². The van der Waals surface area contributed by atoms with Gasteiger partial charge in [-0.25, -0.2) is 0 Å². The molecule has 2 heterocycles. The topological polar surface area (TPSA) is 209 Å². The SMILES string of the molecule is CC(=O)OC[C@H]1O[C@@H](OCc2ccccc2)[C@H](OC(C)=O)[C@@H](OC(C)=O)[C@@H]1O[C@@H]1O[C@H](CO)[C@H](O)[C@H](OC(C)=O)[C@H]1OC(C)=O. The van der Waals surface area contributed by atoms with Crippen molar-refractivity contribution in [2.75, 3.05) is 13.2 Å². The van der Waals surface area contributed by atoms with Gasteiger partial charge in [0.15, 0.2) is 37.0 Å². The summed E-state index contributed by atoms with van der Waals surface area (Å²) in [6, 6.07) is 8.91. The zero-order valence-electron chi connectivity index (χ0n) is 25.4. The van der Waals surface area contributed by atoms with Crippen molar-refractivity contribution >= 4 is 29.8 Å². The minimum Gasteiger partial charge on any atom is -0.463 e. The highest BCUT2D eigenvalue weighted by molar-refractivity contribution is 5.68. The molecule has 0 radical (unpaired) electrons. The number of carbonyl (C=O) groups is 5. The molecule has 10 atom stereocenters. The van der Waals surface area contributed by atoms with Crippen LogP contribution in [-0.4, -0.2) is 115 Å². The zero-order valence-corrected chi connectivity index (χ0v) is 25.4. The third-order valence-corrected chi connectivity index (χ3v) is 6.60. The smallest absolute Gasteiger partial charge is 0.303 e. The fraction of sp³-hybridized carbons (Fsp3) is 0.621. The van der Waals surface area contributed by atoms with Crippen LogP contribution < -0.4 is 0 Å². The highest BCUT2D eigenvalue weighted by Gasteiger charge is 2.56. The quantitative estimate of drug-likeness (QED) is 0.221. The van der Waals surface area contributed by atoms with Gasteiger partial charge in [-0.15, -0.1) is 0 Å². The summed E-state index contributed by atoms with van der Waals surface area (Å²) >= 11 is 0. The number of rotatable bonds is 12. The van der Waals surface area contributed by atoms with Crippen LogP contribution in [-0.2, 0) is 73.2 Å². The van der Waals surface area contributed by atoms with E-state index in [9.17, 15) is 34.2 Å². The summed E-state index contributed by atoms with van der Waals surface area (Å²) in [5.74, 6) is -4.05. The molecule has 16 heteroatoms. The van der Waals surface area contributed by atoms with E-state index < -0.39 is 104 Å². The Hall–Kier alpha value is -3.67. The molecule has 2 fully saturated rings. The first-order chi connectivity index (χ1) is 21.3. The van der Waals surface area contributed by atoms with Crippen molar-refractivity contribution < 1.29 is 76.8 Å². The molecule has 250 valence electrons. The summed E-state index contributed by atoms with van der Waals surface area (Å²) < 4.78 is 50.7. The van der Waals surface area contributed by atoms with Crippen molar-refractivity contribution in [2.45, 2.75) is 103 Å². The van der Waals surface area contributed by atoms with Gasteiger partial charge in [0.05, 0.1) is 13.2 Å². The summed E-state index contributed by atoms with van der Waals surface area (Å²) in [4.78, 5) is 60.3. The fourth-order valence-electron chi connectivity index (χ4n) is 4.85. The van der Waals surface area contributed by atoms with Crippen molar-refractivity contribution in [1.29, 1.82) is 0 Å². The minimum atomic E-state index is -1.70. The second kappa shape index (κ2) is 16.6. The lowest BCUT2D eigenvalue weighted by Gasteiger charge is -2.48. The third-order valence-electron chi connectivity index (χ3n) is 6.60. The Labute approximate surface area is 258 Å². The maximum atomic E-state index is 12.4. The Morgan fingerprint density at radius 3 is 1.71 bits per heavy atom. The van der Waals surface area contributed by atoms with Gasteiger partial charge >= 0.3 is 29.8 Å². The van der Waals surface area contributed by atoms with E-state index in [0.717, 1.165) is 40.2 Å². The van der Waals surface area contributed by atoms with Crippen LogP contribution in [0.25, 0.3) is 0 Å². The zero-order chi connectivity index (χ0) is 33.3. The van der Waals surface area contributed by atoms with Crippen LogP contribution in [0.5, 0.6) is 0 Å². The van der Waals surface area contributed by atoms with E-state index in [4.69, 9.17) is 42.6 Å². The predicted octanol–water partition coefficient (Wildman–Crippen LogP) is -0.319. The molecule has 0 aromatic heterocycles. The molecule has 3 rings (SSSR count). The Kier molecular flexibility index (Phi) is 13.2. The van der Waals surface area contributed by atoms with Crippen LogP contribution in [0, 0.1) is 0 Å². The number of esters is 5. The number of ether oxygens (including phenoxy) is 9. The summed E-state index contributed by atoms with van der Waals surface area (Å²) in [7, 11) is 0. The lowest BCUT2D eigenvalue weighted by atomic mass is 9.96. The van der Waals surface area contributed by atoms with E-state index in [1.807, 2.05) is 0 Å². The van der Waals surface area contributed by atoms with E-state index in [1.54, 1.807) is 30.3 Å². The Morgan fingerprint density at radius 1 is 0.667 bits per heavy atom. The highest BCUT2D eigenvalue weighted by atomic mass is 16.8. The number of hydrogen-bond acceptors (Lipinski definition) is 16. The molecule has 45 heavy (non-hydrogen) atoms. The predicted molar refractivity (Wildman–Crippen MR) is 145 cm³/mol. The van der Waals surface area contributed by atoms with Crippen LogP contribution in [0.3, 0.4) is 0 Å². The van der Waals surface area contributed by atoms with E-state index in [0.29, 0.717) is 0 Å². The molecule has 0 bridgehead atoms. The second-order valence-electron chi connectivity index (χ2n) is 10.3. The molecule has 0 saturated carbocycles. The molecule has 2 aliphatic heterocycles. The molecule has 0 amide bonds. The van der Waals surface area contributed by atoms with Gasteiger partial charge in [-0.1, -0.05) is 30.3 Å². The monoisotopic (exact) mass is 642 g/mol. The molecular weight excluding hydrogens is 604 g/mol. The van der Waals surface area contributed by atoms with Gasteiger partial charge in [0, 0.05) is 34.6 Å². The summed E-state index contributed by atoms with van der Waals surface area (Å²) in [6.07, 6.45) is -15.1. The fourth-order valence-corrected chi connectivity index (χ4v) is 4.85.